The van der Waals surface area contributed by atoms with E-state index in [1.165, 1.54) is 4.90 Å². The predicted octanol–water partition coefficient (Wildman–Crippen LogP) is 2.76. The summed E-state index contributed by atoms with van der Waals surface area (Å²) in [5, 5.41) is 8.70. The first kappa shape index (κ1) is 35.4. The van der Waals surface area contributed by atoms with Crippen LogP contribution in [-0.4, -0.2) is 89.1 Å². The molecule has 0 spiro atoms. The molecule has 1 aromatic heterocycles. The van der Waals surface area contributed by atoms with Crippen molar-refractivity contribution in [3.63, 3.8) is 0 Å². The van der Waals surface area contributed by atoms with Crippen molar-refractivity contribution in [3.05, 3.63) is 48.2 Å². The van der Waals surface area contributed by atoms with E-state index in [1.807, 2.05) is 36.4 Å². The van der Waals surface area contributed by atoms with Gasteiger partial charge in [0.2, 0.25) is 21.8 Å². The molecular weight excluding hydrogens is 664 g/mol. The van der Waals surface area contributed by atoms with Crippen molar-refractivity contribution in [2.45, 2.75) is 113 Å². The Kier molecular flexibility index (Phi) is 9.72. The van der Waals surface area contributed by atoms with Crippen molar-refractivity contribution >= 4 is 50.6 Å². The van der Waals surface area contributed by atoms with Gasteiger partial charge in [-0.3, -0.25) is 23.9 Å². The van der Waals surface area contributed by atoms with Gasteiger partial charge in [0.25, 0.3) is 11.8 Å². The first-order chi connectivity index (χ1) is 23.6. The van der Waals surface area contributed by atoms with Crippen LogP contribution in [0.3, 0.4) is 0 Å². The van der Waals surface area contributed by atoms with Gasteiger partial charge in [-0.05, 0) is 77.8 Å². The van der Waals surface area contributed by atoms with Crippen LogP contribution in [0.4, 0.5) is 4.79 Å². The summed E-state index contributed by atoms with van der Waals surface area (Å²) in [6.07, 6.45) is 7.30. The molecule has 1 aromatic carbocycles. The molecule has 50 heavy (non-hydrogen) atoms. The topological polar surface area (TPSA) is 196 Å². The van der Waals surface area contributed by atoms with Crippen LogP contribution < -0.4 is 20.7 Å². The molecule has 15 heteroatoms. The lowest BCUT2D eigenvalue weighted by Gasteiger charge is -2.30. The van der Waals surface area contributed by atoms with E-state index in [9.17, 15) is 32.4 Å². The molecule has 5 amide bonds. The van der Waals surface area contributed by atoms with Crippen molar-refractivity contribution in [1.82, 2.24) is 30.6 Å². The largest absolute Gasteiger partial charge is 0.444 e. The number of fused-ring (bicyclic) bond motifs is 3. The zero-order valence-electron chi connectivity index (χ0n) is 28.6. The number of carbonyl (C=O) groups excluding carboxylic acids is 5. The Labute approximate surface area is 291 Å². The number of allylic oxidation sites excluding steroid dienone is 1. The zero-order chi connectivity index (χ0) is 35.8. The van der Waals surface area contributed by atoms with Gasteiger partial charge in [0, 0.05) is 29.4 Å². The average molecular weight is 711 g/mol. The number of nitrogens with zero attached hydrogens (tertiary/aromatic N) is 1. The Bertz CT molecular complexity index is 1780. The lowest BCUT2D eigenvalue weighted by Crippen LogP contribution is -2.58. The normalized spacial score (nSPS) is 28.3. The van der Waals surface area contributed by atoms with Crippen molar-refractivity contribution in [1.29, 1.82) is 0 Å². The number of rotatable bonds is 6. The number of sulfonamides is 1. The molecule has 14 nitrogen and oxygen atoms in total. The summed E-state index contributed by atoms with van der Waals surface area (Å²) >= 11 is 0. The smallest absolute Gasteiger partial charge is 0.408 e. The second kappa shape index (κ2) is 13.7. The highest BCUT2D eigenvalue weighted by Crippen LogP contribution is 2.46. The molecule has 0 radical (unpaired) electrons. The van der Waals surface area contributed by atoms with E-state index in [2.05, 4.69) is 25.7 Å². The molecule has 2 saturated carbocycles. The molecule has 6 rings (SSSR count). The lowest BCUT2D eigenvalue weighted by molar-refractivity contribution is -0.141. The number of hydrogen-bond acceptors (Lipinski definition) is 8. The molecule has 3 fully saturated rings. The summed E-state index contributed by atoms with van der Waals surface area (Å²) in [6, 6.07) is 6.36. The Morgan fingerprint density at radius 3 is 2.50 bits per heavy atom. The molecule has 2 aromatic rings. The number of nitrogens with one attached hydrogen (secondary N) is 5. The van der Waals surface area contributed by atoms with Crippen molar-refractivity contribution in [2.75, 3.05) is 6.54 Å². The summed E-state index contributed by atoms with van der Waals surface area (Å²) < 4.78 is 33.1. The van der Waals surface area contributed by atoms with Crippen LogP contribution in [0.1, 0.15) is 89.0 Å². The van der Waals surface area contributed by atoms with E-state index < -0.39 is 80.2 Å². The quantitative estimate of drug-likeness (QED) is 0.282. The van der Waals surface area contributed by atoms with Gasteiger partial charge in [0.05, 0.1) is 5.25 Å². The van der Waals surface area contributed by atoms with Gasteiger partial charge in [-0.15, -0.1) is 0 Å². The zero-order valence-corrected chi connectivity index (χ0v) is 29.4. The van der Waals surface area contributed by atoms with E-state index in [0.29, 0.717) is 37.8 Å². The summed E-state index contributed by atoms with van der Waals surface area (Å²) in [4.78, 5) is 72.8. The fourth-order valence-electron chi connectivity index (χ4n) is 6.81. The fourth-order valence-corrected chi connectivity index (χ4v) is 8.18. The van der Waals surface area contributed by atoms with Gasteiger partial charge in [-0.2, -0.15) is 0 Å². The number of H-pyrrole nitrogens is 1. The van der Waals surface area contributed by atoms with E-state index in [0.717, 1.165) is 23.7 Å². The maximum Gasteiger partial charge on any atom is 0.408 e. The second-order valence-electron chi connectivity index (χ2n) is 14.9. The third-order valence-electron chi connectivity index (χ3n) is 9.68. The number of amides is 5. The number of aromatic amines is 1. The Morgan fingerprint density at radius 2 is 1.78 bits per heavy atom. The minimum atomic E-state index is -3.89. The van der Waals surface area contributed by atoms with Gasteiger partial charge in [-0.1, -0.05) is 43.2 Å². The Morgan fingerprint density at radius 1 is 1.02 bits per heavy atom. The van der Waals surface area contributed by atoms with Gasteiger partial charge in [-0.25, -0.2) is 13.2 Å². The molecule has 0 unspecified atom stereocenters. The molecule has 0 bridgehead atoms. The van der Waals surface area contributed by atoms with Crippen LogP contribution in [0.15, 0.2) is 42.5 Å². The summed E-state index contributed by atoms with van der Waals surface area (Å²) in [7, 11) is -3.89. The van der Waals surface area contributed by atoms with E-state index in [4.69, 9.17) is 4.74 Å². The molecule has 2 aliphatic heterocycles. The minimum Gasteiger partial charge on any atom is -0.444 e. The number of hydrogen-bond donors (Lipinski definition) is 5. The molecule has 5 atom stereocenters. The highest BCUT2D eigenvalue weighted by atomic mass is 32.2. The van der Waals surface area contributed by atoms with Crippen molar-refractivity contribution < 1.29 is 37.1 Å². The van der Waals surface area contributed by atoms with Crippen LogP contribution in [-0.2, 0) is 29.1 Å². The highest BCUT2D eigenvalue weighted by Gasteiger charge is 2.62. The predicted molar refractivity (Wildman–Crippen MR) is 184 cm³/mol. The van der Waals surface area contributed by atoms with Crippen LogP contribution in [0.25, 0.3) is 10.9 Å². The van der Waals surface area contributed by atoms with Gasteiger partial charge in [0.1, 0.15) is 28.9 Å². The number of carbonyl (C=O) groups is 5. The van der Waals surface area contributed by atoms with E-state index >= 15 is 0 Å². The van der Waals surface area contributed by atoms with E-state index in [-0.39, 0.29) is 19.4 Å². The molecule has 3 heterocycles. The van der Waals surface area contributed by atoms with Gasteiger partial charge in [0.15, 0.2) is 0 Å². The number of para-hydroxylation sites is 1. The van der Waals surface area contributed by atoms with E-state index in [1.54, 1.807) is 26.8 Å². The third kappa shape index (κ3) is 7.98. The number of ether oxygens (including phenoxy) is 1. The second-order valence-corrected chi connectivity index (χ2v) is 16.9. The summed E-state index contributed by atoms with van der Waals surface area (Å²) in [5.41, 5.74) is -1.22. The summed E-state index contributed by atoms with van der Waals surface area (Å²) in [6.45, 7) is 5.11. The van der Waals surface area contributed by atoms with Gasteiger partial charge < -0.3 is 30.6 Å². The molecule has 1 saturated heterocycles. The SMILES string of the molecule is CC(C)(C)OC(=O)N[C@H]1CCCCC/C=C\[C@H]2C[C@@]2(C(=O)NS(=O)(=O)C2CC2)NC(=O)[C@@H]2C[C@@H](NC(=O)c3cc4ccccc4[nH]3)CN2C1=O. The molecule has 270 valence electrons. The summed E-state index contributed by atoms with van der Waals surface area (Å²) in [5.74, 6) is -2.83. The van der Waals surface area contributed by atoms with Crippen LogP contribution >= 0.6 is 0 Å². The monoisotopic (exact) mass is 710 g/mol. The minimum absolute atomic E-state index is 0.0290. The number of benzene rings is 1. The van der Waals surface area contributed by atoms with Crippen molar-refractivity contribution in [3.8, 4) is 0 Å². The highest BCUT2D eigenvalue weighted by molar-refractivity contribution is 7.91. The maximum absolute atomic E-state index is 14.3. The standard InChI is InChI=1S/C35H46N6O8S/c1-34(2,3)49-33(46)38-26-14-8-6-4-5-7-12-22-19-35(22,32(45)40-50(47,48)24-15-16-24)39-30(43)28-18-23(20-41(28)31(26)44)36-29(42)27-17-21-11-9-10-13-25(21)37-27/h7,9-13,17,22-24,26,28,37H,4-6,8,14-16,18-20H2,1-3H3,(H,36,42)(H,38,46)(H,39,43)(H,40,45)/b12-7-/t22-,23+,26-,28-,35+/m0/s1. The maximum atomic E-state index is 14.3. The van der Waals surface area contributed by atoms with Crippen LogP contribution in [0.2, 0.25) is 0 Å². The fraction of sp³-hybridized carbons (Fsp3) is 0.571. The first-order valence-corrected chi connectivity index (χ1v) is 18.9. The van der Waals surface area contributed by atoms with Crippen LogP contribution in [0, 0.1) is 5.92 Å². The Balaban J connectivity index is 1.27. The Hall–Kier alpha value is -4.40. The van der Waals surface area contributed by atoms with Crippen LogP contribution in [0.5, 0.6) is 0 Å². The number of aromatic nitrogens is 1. The molecule has 2 aliphatic carbocycles. The molecule has 4 aliphatic rings. The third-order valence-corrected chi connectivity index (χ3v) is 11.5. The molecular formula is C35H46N6O8S. The average Bonchev–Trinajstić information content (AvgIpc) is 3.92. The lowest BCUT2D eigenvalue weighted by atomic mass is 10.0. The first-order valence-electron chi connectivity index (χ1n) is 17.4. The van der Waals surface area contributed by atoms with Crippen molar-refractivity contribution in [2.24, 2.45) is 5.92 Å². The number of alkyl carbamates (subject to hydrolysis) is 1. The van der Waals surface area contributed by atoms with Gasteiger partial charge >= 0.3 is 6.09 Å². The molecule has 5 N–H and O–H groups in total.